The van der Waals surface area contributed by atoms with Crippen molar-refractivity contribution in [3.8, 4) is 11.5 Å². The first kappa shape index (κ1) is 20.9. The lowest BCUT2D eigenvalue weighted by Crippen LogP contribution is -2.41. The van der Waals surface area contributed by atoms with Crippen LogP contribution in [0.1, 0.15) is 62.7 Å². The second-order valence-corrected chi connectivity index (χ2v) is 10.2. The van der Waals surface area contributed by atoms with Crippen LogP contribution in [0.25, 0.3) is 22.6 Å². The standard InChI is InChI=1S/C31H32N8O3/c1-19(2)29(40)33-24-9-10-27-25(18-24)34-30(42-27)23-11-14-32-26(17-23)31(41)38-15-12-22(13-16-38)28(21-7-5-4-6-8-21)39-36-20(3)35-37-39/h4-11,14,17-19,22,28H,12-13,15-16H2,1-3H3,(H,33,40)/t28-/m1/s1/i1D3,2D3. The van der Waals surface area contributed by atoms with Gasteiger partial charge in [0.05, 0.1) is 0 Å². The number of tetrazole rings is 1. The summed E-state index contributed by atoms with van der Waals surface area (Å²) in [4.78, 5) is 38.5. The summed E-state index contributed by atoms with van der Waals surface area (Å²) >= 11 is 0. The first-order valence-electron chi connectivity index (χ1n) is 16.6. The second-order valence-electron chi connectivity index (χ2n) is 10.2. The highest BCUT2D eigenvalue weighted by atomic mass is 16.3. The van der Waals surface area contributed by atoms with Gasteiger partial charge in [0.25, 0.3) is 5.91 Å². The van der Waals surface area contributed by atoms with Gasteiger partial charge in [0.2, 0.25) is 11.8 Å². The van der Waals surface area contributed by atoms with Crippen molar-refractivity contribution in [3.05, 3.63) is 83.9 Å². The first-order chi connectivity index (χ1) is 22.8. The third kappa shape index (κ3) is 5.63. The van der Waals surface area contributed by atoms with E-state index in [4.69, 9.17) is 12.6 Å². The number of carbonyl (C=O) groups is 2. The predicted octanol–water partition coefficient (Wildman–Crippen LogP) is 4.92. The van der Waals surface area contributed by atoms with E-state index in [1.807, 2.05) is 18.2 Å². The number of carbonyl (C=O) groups excluding carboxylic acids is 2. The number of oxazole rings is 1. The molecule has 4 heterocycles. The average molecular weight is 571 g/mol. The lowest BCUT2D eigenvalue weighted by molar-refractivity contribution is -0.118. The number of amides is 2. The number of nitrogens with one attached hydrogen (secondary N) is 1. The molecule has 1 atom stereocenters. The molecular formula is C31H32N8O3. The Bertz CT molecular complexity index is 1920. The van der Waals surface area contributed by atoms with Gasteiger partial charge in [-0.15, -0.1) is 10.2 Å². The molecule has 11 nitrogen and oxygen atoms in total. The highest BCUT2D eigenvalue weighted by Crippen LogP contribution is 2.34. The molecule has 2 amide bonds. The number of aromatic nitrogens is 6. The largest absolute Gasteiger partial charge is 0.436 e. The fourth-order valence-electron chi connectivity index (χ4n) is 5.26. The van der Waals surface area contributed by atoms with E-state index in [9.17, 15) is 9.59 Å². The molecular weight excluding hydrogens is 532 g/mol. The van der Waals surface area contributed by atoms with Gasteiger partial charge < -0.3 is 14.6 Å². The quantitative estimate of drug-likeness (QED) is 0.292. The van der Waals surface area contributed by atoms with Crippen molar-refractivity contribution in [3.63, 3.8) is 0 Å². The zero-order valence-electron chi connectivity index (χ0n) is 28.8. The molecule has 3 aromatic heterocycles. The fraction of sp³-hybridized carbons (Fsp3) is 0.323. The van der Waals surface area contributed by atoms with E-state index in [2.05, 4.69) is 42.8 Å². The topological polar surface area (TPSA) is 132 Å². The number of rotatable bonds is 7. The van der Waals surface area contributed by atoms with Crippen LogP contribution < -0.4 is 5.32 Å². The number of hydrogen-bond donors (Lipinski definition) is 1. The molecule has 0 spiro atoms. The summed E-state index contributed by atoms with van der Waals surface area (Å²) in [5.41, 5.74) is 2.67. The summed E-state index contributed by atoms with van der Waals surface area (Å²) in [5.74, 6) is -2.59. The van der Waals surface area contributed by atoms with Gasteiger partial charge in [-0.05, 0) is 66.8 Å². The maximum Gasteiger partial charge on any atom is 0.272 e. The van der Waals surface area contributed by atoms with Crippen LogP contribution in [0.3, 0.4) is 0 Å². The molecule has 1 aliphatic heterocycles. The molecule has 6 rings (SSSR count). The molecule has 1 fully saturated rings. The third-order valence-electron chi connectivity index (χ3n) is 7.33. The van der Waals surface area contributed by atoms with Gasteiger partial charge in [0.15, 0.2) is 11.4 Å². The maximum absolute atomic E-state index is 13.6. The van der Waals surface area contributed by atoms with Gasteiger partial charge in [0, 0.05) is 44.7 Å². The number of nitrogens with zero attached hydrogens (tertiary/aromatic N) is 7. The van der Waals surface area contributed by atoms with Gasteiger partial charge in [-0.1, -0.05) is 44.0 Å². The SMILES string of the molecule is [2H]C([2H])([2H])C(C(=O)Nc1ccc2oc(-c3ccnc(C(=O)N4CCC([C@@H](c5ccccc5)n5nnc(C)n5)CC4)c3)nc2c1)C([2H])([2H])[2H]. The Morgan fingerprint density at radius 2 is 1.88 bits per heavy atom. The van der Waals surface area contributed by atoms with Gasteiger partial charge in [-0.3, -0.25) is 14.6 Å². The minimum atomic E-state index is -3.02. The van der Waals surface area contributed by atoms with Crippen molar-refractivity contribution in [2.24, 2.45) is 11.8 Å². The Hall–Kier alpha value is -4.93. The molecule has 0 radical (unpaired) electrons. The number of pyridine rings is 1. The molecule has 1 aliphatic rings. The number of benzene rings is 2. The first-order valence-corrected chi connectivity index (χ1v) is 13.6. The Morgan fingerprint density at radius 1 is 1.07 bits per heavy atom. The molecule has 0 unspecified atom stereocenters. The molecule has 0 aliphatic carbocycles. The number of aryl methyl sites for hydroxylation is 1. The zero-order chi connectivity index (χ0) is 34.2. The summed E-state index contributed by atoms with van der Waals surface area (Å²) in [6, 6.07) is 17.6. The van der Waals surface area contributed by atoms with Crippen LogP contribution >= 0.6 is 0 Å². The highest BCUT2D eigenvalue weighted by molar-refractivity contribution is 5.95. The maximum atomic E-state index is 13.6. The summed E-state index contributed by atoms with van der Waals surface area (Å²) < 4.78 is 51.0. The van der Waals surface area contributed by atoms with E-state index in [1.54, 1.807) is 28.8 Å². The zero-order valence-corrected chi connectivity index (χ0v) is 22.8. The average Bonchev–Trinajstić information content (AvgIpc) is 3.66. The van der Waals surface area contributed by atoms with E-state index < -0.39 is 25.5 Å². The van der Waals surface area contributed by atoms with Crippen LogP contribution in [-0.4, -0.2) is 60.0 Å². The van der Waals surface area contributed by atoms with E-state index in [1.165, 1.54) is 24.4 Å². The molecule has 1 N–H and O–H groups in total. The molecule has 42 heavy (non-hydrogen) atoms. The highest BCUT2D eigenvalue weighted by Gasteiger charge is 2.32. The third-order valence-corrected chi connectivity index (χ3v) is 7.33. The molecule has 2 aromatic carbocycles. The Kier molecular flexibility index (Phi) is 5.72. The predicted molar refractivity (Wildman–Crippen MR) is 156 cm³/mol. The van der Waals surface area contributed by atoms with Crippen molar-refractivity contribution in [2.45, 2.75) is 39.5 Å². The molecule has 0 saturated carbocycles. The van der Waals surface area contributed by atoms with E-state index in [-0.39, 0.29) is 35.1 Å². The van der Waals surface area contributed by atoms with Gasteiger partial charge in [-0.25, -0.2) is 4.98 Å². The molecule has 214 valence electrons. The van der Waals surface area contributed by atoms with Crippen LogP contribution in [0.5, 0.6) is 0 Å². The number of piperidine rings is 1. The van der Waals surface area contributed by atoms with Gasteiger partial charge >= 0.3 is 0 Å². The Balaban J connectivity index is 1.15. The lowest BCUT2D eigenvalue weighted by atomic mass is 9.85. The van der Waals surface area contributed by atoms with Gasteiger partial charge in [0.1, 0.15) is 17.3 Å². The smallest absolute Gasteiger partial charge is 0.272 e. The summed E-state index contributed by atoms with van der Waals surface area (Å²) in [5, 5.41) is 15.2. The fourth-order valence-corrected chi connectivity index (χ4v) is 5.26. The van der Waals surface area contributed by atoms with Gasteiger partial charge in [-0.2, -0.15) is 4.80 Å². The van der Waals surface area contributed by atoms with Crippen LogP contribution in [0.4, 0.5) is 5.69 Å². The number of fused-ring (bicyclic) bond motifs is 1. The monoisotopic (exact) mass is 570 g/mol. The minimum Gasteiger partial charge on any atom is -0.436 e. The van der Waals surface area contributed by atoms with E-state index >= 15 is 0 Å². The van der Waals surface area contributed by atoms with E-state index in [0.29, 0.717) is 35.6 Å². The molecule has 11 heteroatoms. The summed E-state index contributed by atoms with van der Waals surface area (Å²) in [6.45, 7) is -3.20. The number of hydrogen-bond acceptors (Lipinski definition) is 8. The molecule has 0 bridgehead atoms. The molecule has 1 saturated heterocycles. The van der Waals surface area contributed by atoms with Crippen LogP contribution in [0.2, 0.25) is 0 Å². The lowest BCUT2D eigenvalue weighted by Gasteiger charge is -2.35. The summed E-state index contributed by atoms with van der Waals surface area (Å²) in [6.07, 6.45) is 2.97. The Morgan fingerprint density at radius 3 is 2.62 bits per heavy atom. The second kappa shape index (κ2) is 11.5. The van der Waals surface area contributed by atoms with Crippen molar-refractivity contribution >= 4 is 28.6 Å². The minimum absolute atomic E-state index is 0.108. The normalized spacial score (nSPS) is 17.5. The number of likely N-dealkylation sites (tertiary alicyclic amines) is 1. The van der Waals surface area contributed by atoms with Crippen molar-refractivity contribution in [1.29, 1.82) is 0 Å². The van der Waals surface area contributed by atoms with Crippen LogP contribution in [0.15, 0.2) is 71.3 Å². The summed E-state index contributed by atoms with van der Waals surface area (Å²) in [7, 11) is 0. The van der Waals surface area contributed by atoms with E-state index in [0.717, 1.165) is 18.4 Å². The van der Waals surface area contributed by atoms with Crippen LogP contribution in [-0.2, 0) is 4.79 Å². The van der Waals surface area contributed by atoms with Crippen LogP contribution in [0, 0.1) is 18.8 Å². The molecule has 5 aromatic rings. The van der Waals surface area contributed by atoms with Crippen molar-refractivity contribution in [1.82, 2.24) is 35.1 Å². The van der Waals surface area contributed by atoms with Crippen molar-refractivity contribution < 1.29 is 22.2 Å². The Labute approximate surface area is 251 Å². The number of anilines is 1. The van der Waals surface area contributed by atoms with Crippen molar-refractivity contribution in [2.75, 3.05) is 18.4 Å².